The smallest absolute Gasteiger partial charge is 0.0294 e. The molecule has 0 aromatic heterocycles. The standard InChI is InChI=1S/C19H31NS/c1-14(15-6-12-18(21-5)13-7-15)20-17-10-8-16(9-11-17)19(2,3)4/h6-7,12-14,16-17,20H,8-11H2,1-5H3. The van der Waals surface area contributed by atoms with E-state index in [0.29, 0.717) is 17.5 Å². The highest BCUT2D eigenvalue weighted by Crippen LogP contribution is 2.38. The summed E-state index contributed by atoms with van der Waals surface area (Å²) in [5, 5.41) is 3.84. The molecular weight excluding hydrogens is 274 g/mol. The Balaban J connectivity index is 1.85. The van der Waals surface area contributed by atoms with Gasteiger partial charge in [0.25, 0.3) is 0 Å². The van der Waals surface area contributed by atoms with Gasteiger partial charge in [0, 0.05) is 17.0 Å². The highest BCUT2D eigenvalue weighted by Gasteiger charge is 2.29. The molecule has 1 aliphatic carbocycles. The molecule has 0 radical (unpaired) electrons. The van der Waals surface area contributed by atoms with E-state index in [-0.39, 0.29) is 0 Å². The highest BCUT2D eigenvalue weighted by atomic mass is 32.2. The van der Waals surface area contributed by atoms with Crippen molar-refractivity contribution in [3.8, 4) is 0 Å². The third-order valence-electron chi connectivity index (χ3n) is 5.05. The summed E-state index contributed by atoms with van der Waals surface area (Å²) in [4.78, 5) is 1.34. The van der Waals surface area contributed by atoms with Crippen molar-refractivity contribution in [1.29, 1.82) is 0 Å². The van der Waals surface area contributed by atoms with E-state index in [1.54, 1.807) is 11.8 Å². The van der Waals surface area contributed by atoms with Crippen LogP contribution in [0, 0.1) is 11.3 Å². The first-order valence-electron chi connectivity index (χ1n) is 8.30. The van der Waals surface area contributed by atoms with E-state index in [2.05, 4.69) is 63.5 Å². The number of benzene rings is 1. The second-order valence-electron chi connectivity index (χ2n) is 7.58. The van der Waals surface area contributed by atoms with Crippen molar-refractivity contribution in [3.05, 3.63) is 29.8 Å². The first-order valence-corrected chi connectivity index (χ1v) is 9.52. The Hall–Kier alpha value is -0.470. The van der Waals surface area contributed by atoms with Gasteiger partial charge >= 0.3 is 0 Å². The largest absolute Gasteiger partial charge is 0.307 e. The molecule has 0 saturated heterocycles. The van der Waals surface area contributed by atoms with Crippen LogP contribution < -0.4 is 5.32 Å². The zero-order valence-electron chi connectivity index (χ0n) is 14.3. The lowest BCUT2D eigenvalue weighted by Crippen LogP contribution is -2.37. The van der Waals surface area contributed by atoms with Crippen LogP contribution in [0.4, 0.5) is 0 Å². The zero-order chi connectivity index (χ0) is 15.5. The van der Waals surface area contributed by atoms with Gasteiger partial charge in [-0.25, -0.2) is 0 Å². The van der Waals surface area contributed by atoms with Gasteiger partial charge in [-0.15, -0.1) is 11.8 Å². The van der Waals surface area contributed by atoms with Crippen LogP contribution >= 0.6 is 11.8 Å². The zero-order valence-corrected chi connectivity index (χ0v) is 15.1. The van der Waals surface area contributed by atoms with Gasteiger partial charge in [0.1, 0.15) is 0 Å². The molecule has 1 saturated carbocycles. The maximum atomic E-state index is 3.84. The van der Waals surface area contributed by atoms with Gasteiger partial charge < -0.3 is 5.32 Å². The molecule has 1 atom stereocenters. The maximum absolute atomic E-state index is 3.84. The van der Waals surface area contributed by atoms with Crippen molar-refractivity contribution in [3.63, 3.8) is 0 Å². The van der Waals surface area contributed by atoms with E-state index in [1.807, 2.05) is 0 Å². The molecule has 1 fully saturated rings. The van der Waals surface area contributed by atoms with Crippen LogP contribution in [0.15, 0.2) is 29.2 Å². The van der Waals surface area contributed by atoms with Crippen LogP contribution in [0.5, 0.6) is 0 Å². The minimum Gasteiger partial charge on any atom is -0.307 e. The Labute approximate surface area is 135 Å². The molecule has 2 heteroatoms. The van der Waals surface area contributed by atoms with Crippen molar-refractivity contribution >= 4 is 11.8 Å². The van der Waals surface area contributed by atoms with Gasteiger partial charge in [0.05, 0.1) is 0 Å². The van der Waals surface area contributed by atoms with Crippen molar-refractivity contribution in [2.75, 3.05) is 6.26 Å². The molecule has 1 aliphatic rings. The molecule has 0 aliphatic heterocycles. The fraction of sp³-hybridized carbons (Fsp3) is 0.684. The van der Waals surface area contributed by atoms with Gasteiger partial charge in [0.15, 0.2) is 0 Å². The summed E-state index contributed by atoms with van der Waals surface area (Å²) in [6.07, 6.45) is 7.54. The minimum atomic E-state index is 0.456. The Morgan fingerprint density at radius 3 is 2.10 bits per heavy atom. The summed E-state index contributed by atoms with van der Waals surface area (Å²) in [6.45, 7) is 9.47. The summed E-state index contributed by atoms with van der Waals surface area (Å²) < 4.78 is 0. The van der Waals surface area contributed by atoms with E-state index in [1.165, 1.54) is 36.1 Å². The van der Waals surface area contributed by atoms with Gasteiger partial charge in [-0.2, -0.15) is 0 Å². The molecule has 2 rings (SSSR count). The molecule has 0 bridgehead atoms. The third-order valence-corrected chi connectivity index (χ3v) is 5.80. The first-order chi connectivity index (χ1) is 9.90. The quantitative estimate of drug-likeness (QED) is 0.720. The fourth-order valence-electron chi connectivity index (χ4n) is 3.47. The Morgan fingerprint density at radius 1 is 1.05 bits per heavy atom. The Morgan fingerprint density at radius 2 is 1.62 bits per heavy atom. The maximum Gasteiger partial charge on any atom is 0.0294 e. The Kier molecular flexibility index (Phi) is 5.79. The molecule has 118 valence electrons. The molecule has 21 heavy (non-hydrogen) atoms. The van der Waals surface area contributed by atoms with Gasteiger partial charge in [-0.1, -0.05) is 32.9 Å². The number of hydrogen-bond acceptors (Lipinski definition) is 2. The van der Waals surface area contributed by atoms with Crippen molar-refractivity contribution in [2.24, 2.45) is 11.3 Å². The lowest BCUT2D eigenvalue weighted by atomic mass is 9.71. The van der Waals surface area contributed by atoms with Crippen LogP contribution in [-0.2, 0) is 0 Å². The van der Waals surface area contributed by atoms with Crippen molar-refractivity contribution < 1.29 is 0 Å². The molecule has 1 nitrogen and oxygen atoms in total. The molecule has 0 amide bonds. The molecule has 1 aromatic carbocycles. The lowest BCUT2D eigenvalue weighted by Gasteiger charge is -2.38. The topological polar surface area (TPSA) is 12.0 Å². The van der Waals surface area contributed by atoms with Gasteiger partial charge in [-0.3, -0.25) is 0 Å². The predicted octanol–water partition coefficient (Wildman–Crippen LogP) is 5.66. The summed E-state index contributed by atoms with van der Waals surface area (Å²) >= 11 is 1.81. The van der Waals surface area contributed by atoms with E-state index in [9.17, 15) is 0 Å². The van der Waals surface area contributed by atoms with E-state index >= 15 is 0 Å². The molecule has 1 N–H and O–H groups in total. The van der Waals surface area contributed by atoms with Crippen LogP contribution in [0.3, 0.4) is 0 Å². The molecule has 0 spiro atoms. The van der Waals surface area contributed by atoms with E-state index in [0.717, 1.165) is 5.92 Å². The van der Waals surface area contributed by atoms with Crippen molar-refractivity contribution in [1.82, 2.24) is 5.32 Å². The number of thioether (sulfide) groups is 1. The predicted molar refractivity (Wildman–Crippen MR) is 95.0 cm³/mol. The van der Waals surface area contributed by atoms with Crippen LogP contribution in [0.25, 0.3) is 0 Å². The molecular formula is C19H31NS. The molecule has 1 aromatic rings. The summed E-state index contributed by atoms with van der Waals surface area (Å²) in [5.41, 5.74) is 1.88. The second-order valence-corrected chi connectivity index (χ2v) is 8.46. The average Bonchev–Trinajstić information content (AvgIpc) is 2.47. The average molecular weight is 306 g/mol. The summed E-state index contributed by atoms with van der Waals surface area (Å²) in [5.74, 6) is 0.895. The van der Waals surface area contributed by atoms with Crippen LogP contribution in [0.1, 0.15) is 65.0 Å². The number of hydrogen-bond donors (Lipinski definition) is 1. The van der Waals surface area contributed by atoms with Gasteiger partial charge in [0.2, 0.25) is 0 Å². The van der Waals surface area contributed by atoms with Crippen molar-refractivity contribution in [2.45, 2.75) is 70.4 Å². The van der Waals surface area contributed by atoms with Crippen LogP contribution in [-0.4, -0.2) is 12.3 Å². The lowest BCUT2D eigenvalue weighted by molar-refractivity contribution is 0.157. The highest BCUT2D eigenvalue weighted by molar-refractivity contribution is 7.98. The Bertz CT molecular complexity index is 424. The monoisotopic (exact) mass is 305 g/mol. The normalized spacial score (nSPS) is 24.8. The minimum absolute atomic E-state index is 0.456. The van der Waals surface area contributed by atoms with E-state index in [4.69, 9.17) is 0 Å². The molecule has 0 heterocycles. The fourth-order valence-corrected chi connectivity index (χ4v) is 3.88. The summed E-state index contributed by atoms with van der Waals surface area (Å²) in [7, 11) is 0. The van der Waals surface area contributed by atoms with E-state index < -0.39 is 0 Å². The second kappa shape index (κ2) is 7.19. The number of rotatable bonds is 4. The van der Waals surface area contributed by atoms with Crippen LogP contribution in [0.2, 0.25) is 0 Å². The first kappa shape index (κ1) is 16.9. The van der Waals surface area contributed by atoms with Gasteiger partial charge in [-0.05, 0) is 67.9 Å². The third kappa shape index (κ3) is 4.75. The molecule has 1 unspecified atom stereocenters. The SMILES string of the molecule is CSc1ccc(C(C)NC2CCC(C(C)(C)C)CC2)cc1. The number of nitrogens with one attached hydrogen (secondary N) is 1. The summed E-state index contributed by atoms with van der Waals surface area (Å²) in [6, 6.07) is 10.1.